The lowest BCUT2D eigenvalue weighted by atomic mass is 9.97. The van der Waals surface area contributed by atoms with Crippen molar-refractivity contribution >= 4 is 5.91 Å². The summed E-state index contributed by atoms with van der Waals surface area (Å²) in [6.45, 7) is 0.917. The first-order valence-electron chi connectivity index (χ1n) is 6.26. The summed E-state index contributed by atoms with van der Waals surface area (Å²) in [6.07, 6.45) is 3.72. The number of nitrogens with zero attached hydrogens (tertiary/aromatic N) is 1. The third kappa shape index (κ3) is 1.70. The maximum absolute atomic E-state index is 12.0. The molecular formula is C14H17NO2. The van der Waals surface area contributed by atoms with E-state index in [2.05, 4.69) is 12.1 Å². The van der Waals surface area contributed by atoms with Crippen molar-refractivity contribution in [3.8, 4) is 5.75 Å². The SMILES string of the molecule is COc1ccc2c(c1)C1CCCN1C(=O)CC2. The first kappa shape index (κ1) is 10.6. The zero-order valence-corrected chi connectivity index (χ0v) is 10.1. The zero-order chi connectivity index (χ0) is 11.8. The van der Waals surface area contributed by atoms with Gasteiger partial charge in [0.25, 0.3) is 0 Å². The van der Waals surface area contributed by atoms with Crippen LogP contribution in [0.5, 0.6) is 5.75 Å². The Labute approximate surface area is 101 Å². The van der Waals surface area contributed by atoms with Gasteiger partial charge in [-0.2, -0.15) is 0 Å². The number of fused-ring (bicyclic) bond motifs is 3. The maximum atomic E-state index is 12.0. The summed E-state index contributed by atoms with van der Waals surface area (Å²) in [7, 11) is 1.69. The molecule has 2 aliphatic rings. The Balaban J connectivity index is 2.07. The molecular weight excluding hydrogens is 214 g/mol. The molecule has 17 heavy (non-hydrogen) atoms. The molecule has 0 N–H and O–H groups in total. The highest BCUT2D eigenvalue weighted by Crippen LogP contribution is 2.38. The van der Waals surface area contributed by atoms with Crippen molar-refractivity contribution < 1.29 is 9.53 Å². The number of aryl methyl sites for hydroxylation is 1. The number of hydrogen-bond donors (Lipinski definition) is 0. The predicted octanol–water partition coefficient (Wildman–Crippen LogP) is 2.30. The van der Waals surface area contributed by atoms with E-state index in [1.165, 1.54) is 11.1 Å². The van der Waals surface area contributed by atoms with Crippen molar-refractivity contribution in [2.75, 3.05) is 13.7 Å². The highest BCUT2D eigenvalue weighted by molar-refractivity contribution is 5.78. The summed E-state index contributed by atoms with van der Waals surface area (Å²) in [4.78, 5) is 14.1. The molecule has 1 aromatic rings. The third-order valence-electron chi connectivity index (χ3n) is 3.89. The number of methoxy groups -OCH3 is 1. The first-order valence-corrected chi connectivity index (χ1v) is 6.26. The summed E-state index contributed by atoms with van der Waals surface area (Å²) in [6, 6.07) is 6.50. The predicted molar refractivity (Wildman–Crippen MR) is 65.0 cm³/mol. The fourth-order valence-electron chi connectivity index (χ4n) is 3.01. The molecule has 1 fully saturated rings. The van der Waals surface area contributed by atoms with Gasteiger partial charge in [0.2, 0.25) is 5.91 Å². The summed E-state index contributed by atoms with van der Waals surface area (Å²) in [5.74, 6) is 1.20. The Hall–Kier alpha value is -1.51. The second-order valence-corrected chi connectivity index (χ2v) is 4.81. The lowest BCUT2D eigenvalue weighted by Gasteiger charge is -2.23. The van der Waals surface area contributed by atoms with E-state index in [0.29, 0.717) is 12.3 Å². The van der Waals surface area contributed by atoms with E-state index in [1.54, 1.807) is 7.11 Å². The van der Waals surface area contributed by atoms with Crippen LogP contribution in [0, 0.1) is 0 Å². The molecule has 3 nitrogen and oxygen atoms in total. The van der Waals surface area contributed by atoms with E-state index in [9.17, 15) is 4.79 Å². The van der Waals surface area contributed by atoms with Gasteiger partial charge in [-0.15, -0.1) is 0 Å². The van der Waals surface area contributed by atoms with Crippen molar-refractivity contribution in [3.05, 3.63) is 29.3 Å². The Kier molecular flexibility index (Phi) is 2.54. The van der Waals surface area contributed by atoms with Gasteiger partial charge >= 0.3 is 0 Å². The molecule has 3 rings (SSSR count). The number of rotatable bonds is 1. The molecule has 1 atom stereocenters. The monoisotopic (exact) mass is 231 g/mol. The first-order chi connectivity index (χ1) is 8.29. The Bertz CT molecular complexity index is 456. The molecule has 0 spiro atoms. The molecule has 1 unspecified atom stereocenters. The van der Waals surface area contributed by atoms with Gasteiger partial charge in [0.15, 0.2) is 0 Å². The molecule has 2 aliphatic heterocycles. The Morgan fingerprint density at radius 2 is 2.24 bits per heavy atom. The molecule has 90 valence electrons. The van der Waals surface area contributed by atoms with Crippen molar-refractivity contribution in [3.63, 3.8) is 0 Å². The second kappa shape index (κ2) is 4.06. The third-order valence-corrected chi connectivity index (χ3v) is 3.89. The standard InChI is InChI=1S/C14H17NO2/c1-17-11-6-4-10-5-7-14(16)15-8-2-3-13(15)12(10)9-11/h4,6,9,13H,2-3,5,7-8H2,1H3. The largest absolute Gasteiger partial charge is 0.497 e. The number of carbonyl (C=O) groups excluding carboxylic acids is 1. The Morgan fingerprint density at radius 3 is 3.06 bits per heavy atom. The van der Waals surface area contributed by atoms with Crippen molar-refractivity contribution in [2.45, 2.75) is 31.7 Å². The van der Waals surface area contributed by atoms with Crippen LogP contribution in [0.1, 0.15) is 36.4 Å². The zero-order valence-electron chi connectivity index (χ0n) is 10.1. The van der Waals surface area contributed by atoms with E-state index in [1.807, 2.05) is 11.0 Å². The lowest BCUT2D eigenvalue weighted by molar-refractivity contribution is -0.131. The van der Waals surface area contributed by atoms with Crippen LogP contribution in [-0.4, -0.2) is 24.5 Å². The quantitative estimate of drug-likeness (QED) is 0.742. The van der Waals surface area contributed by atoms with E-state index >= 15 is 0 Å². The molecule has 0 radical (unpaired) electrons. The van der Waals surface area contributed by atoms with Crippen LogP contribution in [0.2, 0.25) is 0 Å². The van der Waals surface area contributed by atoms with Crippen LogP contribution >= 0.6 is 0 Å². The fourth-order valence-corrected chi connectivity index (χ4v) is 3.01. The van der Waals surface area contributed by atoms with Crippen LogP contribution < -0.4 is 4.74 Å². The summed E-state index contributed by atoms with van der Waals surface area (Å²) >= 11 is 0. The van der Waals surface area contributed by atoms with Gasteiger partial charge in [0, 0.05) is 13.0 Å². The van der Waals surface area contributed by atoms with Crippen molar-refractivity contribution in [2.24, 2.45) is 0 Å². The summed E-state index contributed by atoms with van der Waals surface area (Å²) < 4.78 is 5.29. The minimum absolute atomic E-state index is 0.287. The van der Waals surface area contributed by atoms with Crippen LogP contribution in [-0.2, 0) is 11.2 Å². The molecule has 0 aromatic heterocycles. The van der Waals surface area contributed by atoms with Gasteiger partial charge in [-0.25, -0.2) is 0 Å². The average molecular weight is 231 g/mol. The average Bonchev–Trinajstić information content (AvgIpc) is 2.80. The second-order valence-electron chi connectivity index (χ2n) is 4.81. The van der Waals surface area contributed by atoms with Crippen molar-refractivity contribution in [1.82, 2.24) is 4.90 Å². The van der Waals surface area contributed by atoms with Crippen LogP contribution in [0.25, 0.3) is 0 Å². The van der Waals surface area contributed by atoms with E-state index in [4.69, 9.17) is 4.74 Å². The van der Waals surface area contributed by atoms with E-state index in [0.717, 1.165) is 31.6 Å². The molecule has 1 saturated heterocycles. The molecule has 2 heterocycles. The summed E-state index contributed by atoms with van der Waals surface area (Å²) in [5.41, 5.74) is 2.61. The molecule has 3 heteroatoms. The Morgan fingerprint density at radius 1 is 1.35 bits per heavy atom. The summed E-state index contributed by atoms with van der Waals surface area (Å²) in [5, 5.41) is 0. The molecule has 1 amide bonds. The highest BCUT2D eigenvalue weighted by atomic mass is 16.5. The van der Waals surface area contributed by atoms with Gasteiger partial charge in [0.05, 0.1) is 13.2 Å². The molecule has 1 aromatic carbocycles. The minimum Gasteiger partial charge on any atom is -0.497 e. The smallest absolute Gasteiger partial charge is 0.223 e. The highest BCUT2D eigenvalue weighted by Gasteiger charge is 2.33. The van der Waals surface area contributed by atoms with Gasteiger partial charge in [-0.3, -0.25) is 4.79 Å². The number of benzene rings is 1. The maximum Gasteiger partial charge on any atom is 0.223 e. The molecule has 0 aliphatic carbocycles. The normalized spacial score (nSPS) is 23.0. The van der Waals surface area contributed by atoms with Gasteiger partial charge in [-0.05, 0) is 42.5 Å². The lowest BCUT2D eigenvalue weighted by Crippen LogP contribution is -2.28. The molecule has 0 bridgehead atoms. The minimum atomic E-state index is 0.287. The van der Waals surface area contributed by atoms with Crippen LogP contribution in [0.4, 0.5) is 0 Å². The van der Waals surface area contributed by atoms with Gasteiger partial charge in [0.1, 0.15) is 5.75 Å². The van der Waals surface area contributed by atoms with Gasteiger partial charge in [-0.1, -0.05) is 6.07 Å². The topological polar surface area (TPSA) is 29.5 Å². The van der Waals surface area contributed by atoms with E-state index < -0.39 is 0 Å². The van der Waals surface area contributed by atoms with Gasteiger partial charge < -0.3 is 9.64 Å². The van der Waals surface area contributed by atoms with Crippen LogP contribution in [0.3, 0.4) is 0 Å². The molecule has 0 saturated carbocycles. The number of hydrogen-bond acceptors (Lipinski definition) is 2. The number of ether oxygens (including phenoxy) is 1. The van der Waals surface area contributed by atoms with E-state index in [-0.39, 0.29) is 6.04 Å². The number of carbonyl (C=O) groups is 1. The van der Waals surface area contributed by atoms with Crippen molar-refractivity contribution in [1.29, 1.82) is 0 Å². The fraction of sp³-hybridized carbons (Fsp3) is 0.500. The van der Waals surface area contributed by atoms with Crippen LogP contribution in [0.15, 0.2) is 18.2 Å². The number of amides is 1.